The summed E-state index contributed by atoms with van der Waals surface area (Å²) in [5, 5.41) is 17.9. The Morgan fingerprint density at radius 1 is 0.889 bits per heavy atom. The van der Waals surface area contributed by atoms with Crippen molar-refractivity contribution in [3.05, 3.63) is 101 Å². The number of pyridine rings is 1. The summed E-state index contributed by atoms with van der Waals surface area (Å²) in [4.78, 5) is 54.9. The summed E-state index contributed by atoms with van der Waals surface area (Å²) in [6.45, 7) is 1.08. The van der Waals surface area contributed by atoms with E-state index in [1.165, 1.54) is 17.0 Å². The average Bonchev–Trinajstić information content (AvgIpc) is 3.47. The van der Waals surface area contributed by atoms with Gasteiger partial charge in [0, 0.05) is 41.9 Å². The number of para-hydroxylation sites is 1. The number of aromatic nitrogens is 4. The van der Waals surface area contributed by atoms with E-state index >= 15 is 0 Å². The number of rotatable bonds is 7. The molecule has 0 radical (unpaired) electrons. The van der Waals surface area contributed by atoms with Gasteiger partial charge in [0.15, 0.2) is 0 Å². The monoisotopic (exact) mass is 761 g/mol. The summed E-state index contributed by atoms with van der Waals surface area (Å²) in [5.74, 6) is -4.86. The van der Waals surface area contributed by atoms with Crippen LogP contribution in [0, 0.1) is 5.92 Å². The predicted octanol–water partition coefficient (Wildman–Crippen LogP) is 5.86. The van der Waals surface area contributed by atoms with Crippen LogP contribution in [0.15, 0.2) is 90.2 Å². The molecule has 3 heterocycles. The molecule has 3 aromatic heterocycles. The van der Waals surface area contributed by atoms with Crippen molar-refractivity contribution in [1.82, 2.24) is 24.0 Å². The molecule has 2 aromatic carbocycles. The number of fused-ring (bicyclic) bond motifs is 1. The molecule has 5 N–H and O–H groups in total. The number of amides is 1. The highest BCUT2D eigenvalue weighted by Gasteiger charge is 2.39. The maximum Gasteiger partial charge on any atom is 0.490 e. The lowest BCUT2D eigenvalue weighted by Gasteiger charge is -2.38. The summed E-state index contributed by atoms with van der Waals surface area (Å²) in [6, 6.07) is 20.3. The van der Waals surface area contributed by atoms with Crippen LogP contribution in [0.25, 0.3) is 27.8 Å². The number of nitrogen functional groups attached to an aromatic ring is 1. The Hall–Kier alpha value is -6.24. The van der Waals surface area contributed by atoms with Crippen LogP contribution in [-0.4, -0.2) is 85.1 Å². The van der Waals surface area contributed by atoms with Crippen LogP contribution in [0.2, 0.25) is 0 Å². The molecule has 1 aliphatic carbocycles. The Balaban J connectivity index is 0.000000396. The van der Waals surface area contributed by atoms with Crippen molar-refractivity contribution in [2.24, 2.45) is 5.92 Å². The fraction of sp³-hybridized carbons (Fsp3) is 0.257. The first kappa shape index (κ1) is 40.5. The van der Waals surface area contributed by atoms with Crippen molar-refractivity contribution in [2.75, 3.05) is 31.7 Å². The fourth-order valence-corrected chi connectivity index (χ4v) is 5.59. The van der Waals surface area contributed by atoms with Gasteiger partial charge in [-0.3, -0.25) is 14.2 Å². The third kappa shape index (κ3) is 10.00. The number of nitrogens with one attached hydrogen (secondary N) is 1. The summed E-state index contributed by atoms with van der Waals surface area (Å²) in [6.07, 6.45) is -2.68. The lowest BCUT2D eigenvalue weighted by Crippen LogP contribution is -2.33. The molecule has 0 aliphatic heterocycles. The largest absolute Gasteiger partial charge is 0.490 e. The Kier molecular flexibility index (Phi) is 12.5. The van der Waals surface area contributed by atoms with Crippen molar-refractivity contribution < 1.29 is 50.9 Å². The van der Waals surface area contributed by atoms with E-state index in [0.717, 1.165) is 41.5 Å². The van der Waals surface area contributed by atoms with Crippen LogP contribution in [0.4, 0.5) is 37.8 Å². The Morgan fingerprint density at radius 3 is 2.00 bits per heavy atom. The number of carbonyl (C=O) groups is 3. The molecule has 286 valence electrons. The number of carbonyl (C=O) groups excluding carboxylic acids is 1. The number of aliphatic carboxylic acids is 2. The van der Waals surface area contributed by atoms with Gasteiger partial charge in [-0.05, 0) is 74.8 Å². The number of alkyl halides is 6. The van der Waals surface area contributed by atoms with E-state index in [2.05, 4.69) is 45.0 Å². The number of benzene rings is 2. The maximum absolute atomic E-state index is 13.0. The van der Waals surface area contributed by atoms with Gasteiger partial charge in [-0.1, -0.05) is 30.3 Å². The Morgan fingerprint density at radius 2 is 1.46 bits per heavy atom. The molecule has 1 aliphatic rings. The van der Waals surface area contributed by atoms with Crippen molar-refractivity contribution in [2.45, 2.75) is 31.2 Å². The fourth-order valence-electron chi connectivity index (χ4n) is 5.59. The minimum Gasteiger partial charge on any atom is -0.475 e. The lowest BCUT2D eigenvalue weighted by molar-refractivity contribution is -0.193. The van der Waals surface area contributed by atoms with E-state index in [0.29, 0.717) is 29.2 Å². The number of nitrogens with zero attached hydrogens (tertiary/aromatic N) is 5. The lowest BCUT2D eigenvalue weighted by atomic mass is 9.80. The van der Waals surface area contributed by atoms with Crippen molar-refractivity contribution in [1.29, 1.82) is 0 Å². The molecule has 0 bridgehead atoms. The van der Waals surface area contributed by atoms with Gasteiger partial charge < -0.3 is 30.7 Å². The Bertz CT molecular complexity index is 2140. The molecule has 6 rings (SSSR count). The summed E-state index contributed by atoms with van der Waals surface area (Å²) in [7, 11) is 4.22. The number of nitrogens with two attached hydrogens (primary N) is 1. The molecule has 1 fully saturated rings. The molecular weight excluding hydrogens is 728 g/mol. The molecule has 19 heteroatoms. The second kappa shape index (κ2) is 16.6. The van der Waals surface area contributed by atoms with Gasteiger partial charge in [-0.15, -0.1) is 0 Å². The predicted molar refractivity (Wildman–Crippen MR) is 185 cm³/mol. The maximum atomic E-state index is 13.0. The van der Waals surface area contributed by atoms with Gasteiger partial charge in [0.1, 0.15) is 23.4 Å². The van der Waals surface area contributed by atoms with Crippen LogP contribution in [0.3, 0.4) is 0 Å². The van der Waals surface area contributed by atoms with Crippen molar-refractivity contribution in [3.8, 4) is 16.8 Å². The van der Waals surface area contributed by atoms with Gasteiger partial charge >= 0.3 is 24.3 Å². The summed E-state index contributed by atoms with van der Waals surface area (Å²) in [5.41, 5.74) is 10.0. The zero-order chi connectivity index (χ0) is 40.0. The van der Waals surface area contributed by atoms with E-state index in [-0.39, 0.29) is 11.1 Å². The zero-order valence-corrected chi connectivity index (χ0v) is 28.5. The van der Waals surface area contributed by atoms with Gasteiger partial charge in [0.05, 0.1) is 5.39 Å². The number of halogens is 6. The topological polar surface area (TPSA) is 186 Å². The van der Waals surface area contributed by atoms with Gasteiger partial charge in [-0.2, -0.15) is 26.3 Å². The number of hydrogen-bond acceptors (Lipinski definition) is 8. The van der Waals surface area contributed by atoms with Crippen LogP contribution >= 0.6 is 0 Å². The van der Waals surface area contributed by atoms with E-state index in [1.54, 1.807) is 12.3 Å². The standard InChI is InChI=1S/C31H31N7O2.2C2HF3O2/c1-36(2)17-20-15-24(16-20)38-18-26(27-28(32)33-19-34-29(27)38)21-10-12-22(13-11-21)35-30(39)25-9-6-14-37(31(25)40)23-7-4-3-5-8-23;2*3-2(4,5)1(6)7/h3-14,18-20,24H,15-17H2,1-2H3,(H,35,39)(H2,32,33,34);2*(H,6,7)/t20-,24+;;. The second-order valence-corrected chi connectivity index (χ2v) is 12.2. The second-order valence-electron chi connectivity index (χ2n) is 12.2. The molecule has 1 saturated carbocycles. The van der Waals surface area contributed by atoms with Crippen LogP contribution in [0.1, 0.15) is 29.2 Å². The molecule has 0 spiro atoms. The highest BCUT2D eigenvalue weighted by atomic mass is 19.4. The molecular formula is C35H33F6N7O6. The summed E-state index contributed by atoms with van der Waals surface area (Å²) >= 11 is 0. The van der Waals surface area contributed by atoms with Gasteiger partial charge in [0.25, 0.3) is 11.5 Å². The number of hydrogen-bond donors (Lipinski definition) is 4. The van der Waals surface area contributed by atoms with E-state index in [1.807, 2.05) is 54.6 Å². The van der Waals surface area contributed by atoms with E-state index in [4.69, 9.17) is 25.5 Å². The molecule has 0 atom stereocenters. The number of anilines is 2. The zero-order valence-electron chi connectivity index (χ0n) is 28.5. The minimum atomic E-state index is -5.08. The quantitative estimate of drug-likeness (QED) is 0.146. The minimum absolute atomic E-state index is 0.0662. The normalized spacial score (nSPS) is 15.3. The first-order valence-electron chi connectivity index (χ1n) is 15.8. The van der Waals surface area contributed by atoms with Crippen LogP contribution in [-0.2, 0) is 9.59 Å². The molecule has 13 nitrogen and oxygen atoms in total. The highest BCUT2D eigenvalue weighted by Crippen LogP contribution is 2.43. The summed E-state index contributed by atoms with van der Waals surface area (Å²) < 4.78 is 67.2. The molecule has 1 amide bonds. The van der Waals surface area contributed by atoms with Gasteiger partial charge in [-0.25, -0.2) is 19.6 Å². The van der Waals surface area contributed by atoms with Crippen molar-refractivity contribution >= 4 is 40.4 Å². The van der Waals surface area contributed by atoms with Gasteiger partial charge in [0.2, 0.25) is 0 Å². The molecule has 0 unspecified atom stereocenters. The molecule has 5 aromatic rings. The first-order valence-corrected chi connectivity index (χ1v) is 15.8. The first-order chi connectivity index (χ1) is 25.3. The van der Waals surface area contributed by atoms with E-state index in [9.17, 15) is 35.9 Å². The third-order valence-corrected chi connectivity index (χ3v) is 8.03. The van der Waals surface area contributed by atoms with E-state index < -0.39 is 30.2 Å². The van der Waals surface area contributed by atoms with Crippen LogP contribution in [0.5, 0.6) is 0 Å². The SMILES string of the molecule is CN(C)C[C@H]1C[C@@H](n2cc(-c3ccc(NC(=O)c4cccn(-c5ccccc5)c4=O)cc3)c3c(N)ncnc32)C1.O=C(O)C(F)(F)F.O=C(O)C(F)(F)F. The van der Waals surface area contributed by atoms with Crippen LogP contribution < -0.4 is 16.6 Å². The highest BCUT2D eigenvalue weighted by molar-refractivity contribution is 6.04. The average molecular weight is 762 g/mol. The third-order valence-electron chi connectivity index (χ3n) is 8.03. The Labute approximate surface area is 302 Å². The molecule has 54 heavy (non-hydrogen) atoms. The smallest absolute Gasteiger partial charge is 0.475 e. The molecule has 0 saturated heterocycles. The number of carboxylic acid groups (broad SMARTS) is 2. The number of carboxylic acids is 2. The van der Waals surface area contributed by atoms with Crippen molar-refractivity contribution in [3.63, 3.8) is 0 Å².